The van der Waals surface area contributed by atoms with Crippen molar-refractivity contribution < 1.29 is 8.94 Å². The molecule has 7 nitrogen and oxygen atoms in total. The van der Waals surface area contributed by atoms with Gasteiger partial charge in [-0.1, -0.05) is 5.16 Å². The van der Waals surface area contributed by atoms with Gasteiger partial charge < -0.3 is 8.94 Å². The van der Waals surface area contributed by atoms with Crippen LogP contribution in [0, 0.1) is 13.8 Å². The predicted octanol–water partition coefficient (Wildman–Crippen LogP) is 1.80. The molecule has 0 saturated carbocycles. The topological polar surface area (TPSA) is 90.7 Å². The molecule has 0 spiro atoms. The first kappa shape index (κ1) is 10.6. The van der Waals surface area contributed by atoms with Gasteiger partial charge in [0.05, 0.1) is 5.56 Å². The van der Waals surface area contributed by atoms with Gasteiger partial charge >= 0.3 is 0 Å². The van der Waals surface area contributed by atoms with Crippen molar-refractivity contribution in [2.75, 3.05) is 0 Å². The van der Waals surface area contributed by atoms with E-state index in [0.29, 0.717) is 34.7 Å². The van der Waals surface area contributed by atoms with E-state index in [1.54, 1.807) is 26.2 Å². The van der Waals surface area contributed by atoms with Crippen molar-refractivity contribution in [2.24, 2.45) is 0 Å². The highest BCUT2D eigenvalue weighted by atomic mass is 16.5. The molecule has 0 saturated heterocycles. The molecule has 3 heterocycles. The fourth-order valence-corrected chi connectivity index (χ4v) is 1.41. The summed E-state index contributed by atoms with van der Waals surface area (Å²) in [7, 11) is 0. The number of hydrogen-bond donors (Lipinski definition) is 0. The van der Waals surface area contributed by atoms with Gasteiger partial charge in [-0.2, -0.15) is 4.98 Å². The third-order valence-corrected chi connectivity index (χ3v) is 2.30. The van der Waals surface area contributed by atoms with E-state index in [0.717, 1.165) is 0 Å². The summed E-state index contributed by atoms with van der Waals surface area (Å²) < 4.78 is 10.2. The van der Waals surface area contributed by atoms with Crippen molar-refractivity contribution in [3.63, 3.8) is 0 Å². The van der Waals surface area contributed by atoms with Crippen molar-refractivity contribution in [2.45, 2.75) is 13.8 Å². The predicted molar refractivity (Wildman–Crippen MR) is 60.3 cm³/mol. The summed E-state index contributed by atoms with van der Waals surface area (Å²) in [5, 5.41) is 3.83. The van der Waals surface area contributed by atoms with Gasteiger partial charge in [0.2, 0.25) is 5.82 Å². The van der Waals surface area contributed by atoms with E-state index in [1.165, 1.54) is 6.26 Å². The maximum atomic E-state index is 5.13. The molecule has 18 heavy (non-hydrogen) atoms. The summed E-state index contributed by atoms with van der Waals surface area (Å²) in [6.07, 6.45) is 4.75. The number of rotatable bonds is 2. The minimum absolute atomic E-state index is 0.352. The number of aryl methyl sites for hydroxylation is 2. The second-order valence-corrected chi connectivity index (χ2v) is 3.69. The highest BCUT2D eigenvalue weighted by molar-refractivity contribution is 5.54. The largest absolute Gasteiger partial charge is 0.449 e. The Morgan fingerprint density at radius 1 is 1.06 bits per heavy atom. The molecule has 90 valence electrons. The smallest absolute Gasteiger partial charge is 0.261 e. The van der Waals surface area contributed by atoms with Crippen LogP contribution in [0.15, 0.2) is 27.6 Å². The molecule has 7 heteroatoms. The Bertz CT molecular complexity index is 671. The zero-order valence-electron chi connectivity index (χ0n) is 9.78. The van der Waals surface area contributed by atoms with Crippen LogP contribution in [0.5, 0.6) is 0 Å². The number of nitrogens with zero attached hydrogens (tertiary/aromatic N) is 5. The second kappa shape index (κ2) is 4.02. The summed E-state index contributed by atoms with van der Waals surface area (Å²) in [5.41, 5.74) is 1.20. The zero-order valence-corrected chi connectivity index (χ0v) is 9.78. The van der Waals surface area contributed by atoms with Gasteiger partial charge in [-0.3, -0.25) is 0 Å². The molecule has 0 N–H and O–H groups in total. The molecule has 0 radical (unpaired) electrons. The second-order valence-electron chi connectivity index (χ2n) is 3.69. The minimum Gasteiger partial charge on any atom is -0.449 e. The molecule has 0 aliphatic heterocycles. The van der Waals surface area contributed by atoms with Gasteiger partial charge in [-0.15, -0.1) is 0 Å². The average molecular weight is 243 g/mol. The Hall–Kier alpha value is -2.57. The van der Waals surface area contributed by atoms with Crippen LogP contribution in [-0.4, -0.2) is 25.1 Å². The molecule has 0 aliphatic rings. The number of aromatic nitrogens is 5. The van der Waals surface area contributed by atoms with Gasteiger partial charge in [0.25, 0.3) is 5.89 Å². The molecule has 0 atom stereocenters. The third kappa shape index (κ3) is 1.86. The molecule has 0 amide bonds. The fourth-order valence-electron chi connectivity index (χ4n) is 1.41. The molecule has 0 aliphatic carbocycles. The SMILES string of the molecule is Cc1ncc(-c2nc(-c3coc(C)n3)no2)cn1. The van der Waals surface area contributed by atoms with E-state index in [4.69, 9.17) is 8.94 Å². The van der Waals surface area contributed by atoms with Gasteiger partial charge in [0.1, 0.15) is 17.8 Å². The van der Waals surface area contributed by atoms with E-state index in [1.807, 2.05) is 0 Å². The Morgan fingerprint density at radius 3 is 2.50 bits per heavy atom. The van der Waals surface area contributed by atoms with E-state index in [9.17, 15) is 0 Å². The quantitative estimate of drug-likeness (QED) is 0.677. The van der Waals surface area contributed by atoms with E-state index in [2.05, 4.69) is 25.1 Å². The van der Waals surface area contributed by atoms with Crippen molar-refractivity contribution >= 4 is 0 Å². The Morgan fingerprint density at radius 2 is 1.83 bits per heavy atom. The van der Waals surface area contributed by atoms with Crippen molar-refractivity contribution in [3.8, 4) is 23.0 Å². The van der Waals surface area contributed by atoms with Gasteiger partial charge in [-0.25, -0.2) is 15.0 Å². The lowest BCUT2D eigenvalue weighted by Gasteiger charge is -1.92. The summed E-state index contributed by atoms with van der Waals surface area (Å²) in [6, 6.07) is 0. The molecular formula is C11H9N5O2. The highest BCUT2D eigenvalue weighted by Gasteiger charge is 2.13. The fraction of sp³-hybridized carbons (Fsp3) is 0.182. The summed E-state index contributed by atoms with van der Waals surface area (Å²) >= 11 is 0. The number of hydrogen-bond acceptors (Lipinski definition) is 7. The van der Waals surface area contributed by atoms with Gasteiger partial charge in [0, 0.05) is 19.3 Å². The Labute approximate surface area is 102 Å². The van der Waals surface area contributed by atoms with Crippen LogP contribution < -0.4 is 0 Å². The lowest BCUT2D eigenvalue weighted by molar-refractivity contribution is 0.431. The van der Waals surface area contributed by atoms with Crippen LogP contribution in [0.25, 0.3) is 23.0 Å². The van der Waals surface area contributed by atoms with E-state index in [-0.39, 0.29) is 0 Å². The first-order valence-electron chi connectivity index (χ1n) is 5.27. The Kier molecular flexibility index (Phi) is 2.36. The molecule has 3 rings (SSSR count). The van der Waals surface area contributed by atoms with Crippen LogP contribution in [0.4, 0.5) is 0 Å². The van der Waals surface area contributed by atoms with Crippen molar-refractivity contribution in [3.05, 3.63) is 30.4 Å². The summed E-state index contributed by atoms with van der Waals surface area (Å²) in [4.78, 5) is 16.5. The van der Waals surface area contributed by atoms with Crippen LogP contribution in [-0.2, 0) is 0 Å². The molecule has 3 aromatic rings. The maximum absolute atomic E-state index is 5.13. The van der Waals surface area contributed by atoms with Crippen molar-refractivity contribution in [1.82, 2.24) is 25.1 Å². The van der Waals surface area contributed by atoms with Crippen LogP contribution in [0.3, 0.4) is 0 Å². The first-order chi connectivity index (χ1) is 8.72. The van der Waals surface area contributed by atoms with Crippen LogP contribution in [0.1, 0.15) is 11.7 Å². The van der Waals surface area contributed by atoms with Crippen molar-refractivity contribution in [1.29, 1.82) is 0 Å². The molecule has 0 unspecified atom stereocenters. The zero-order chi connectivity index (χ0) is 12.5. The normalized spacial score (nSPS) is 10.8. The Balaban J connectivity index is 1.96. The summed E-state index contributed by atoms with van der Waals surface area (Å²) in [6.45, 7) is 3.56. The molecule has 0 fully saturated rings. The lowest BCUT2D eigenvalue weighted by Crippen LogP contribution is -1.87. The van der Waals surface area contributed by atoms with Gasteiger partial charge in [0.15, 0.2) is 5.89 Å². The molecular weight excluding hydrogens is 234 g/mol. The minimum atomic E-state index is 0.352. The van der Waals surface area contributed by atoms with E-state index >= 15 is 0 Å². The van der Waals surface area contributed by atoms with Crippen LogP contribution >= 0.6 is 0 Å². The number of oxazole rings is 1. The highest BCUT2D eigenvalue weighted by Crippen LogP contribution is 2.20. The average Bonchev–Trinajstić information content (AvgIpc) is 2.98. The van der Waals surface area contributed by atoms with Gasteiger partial charge in [-0.05, 0) is 6.92 Å². The van der Waals surface area contributed by atoms with Crippen LogP contribution in [0.2, 0.25) is 0 Å². The molecule has 3 aromatic heterocycles. The van der Waals surface area contributed by atoms with E-state index < -0.39 is 0 Å². The molecule has 0 bridgehead atoms. The standard InChI is InChI=1S/C11H9N5O2/c1-6-12-3-8(4-13-6)11-15-10(16-18-11)9-5-17-7(2)14-9/h3-5H,1-2H3. The monoisotopic (exact) mass is 243 g/mol. The maximum Gasteiger partial charge on any atom is 0.261 e. The third-order valence-electron chi connectivity index (χ3n) is 2.30. The summed E-state index contributed by atoms with van der Waals surface area (Å²) in [5.74, 6) is 1.97. The lowest BCUT2D eigenvalue weighted by atomic mass is 10.3. The molecule has 0 aromatic carbocycles. The first-order valence-corrected chi connectivity index (χ1v) is 5.27.